The second-order valence-corrected chi connectivity index (χ2v) is 8.53. The molecule has 0 N–H and O–H groups in total. The van der Waals surface area contributed by atoms with E-state index in [0.29, 0.717) is 4.90 Å². The van der Waals surface area contributed by atoms with Gasteiger partial charge in [-0.25, -0.2) is 8.42 Å². The summed E-state index contributed by atoms with van der Waals surface area (Å²) in [6, 6.07) is 20.1. The summed E-state index contributed by atoms with van der Waals surface area (Å²) in [6.45, 7) is 2.13. The lowest BCUT2D eigenvalue weighted by Gasteiger charge is -2.09. The first-order valence-electron chi connectivity index (χ1n) is 8.04. The smallest absolute Gasteiger partial charge is 0.175 e. The van der Waals surface area contributed by atoms with Crippen molar-refractivity contribution in [2.75, 3.05) is 6.26 Å². The standard InChI is InChI=1S/C13H12ClNS.C7H8O2S/c1-2-10-6-7-13(16)15(9-10)12-5-3-4-11(14)8-12;1-10(8,9)7-5-3-2-4-6-7/h3-9H,2H2,1H3;2-6H,1H3. The van der Waals surface area contributed by atoms with Gasteiger partial charge in [0.15, 0.2) is 9.84 Å². The zero-order valence-corrected chi connectivity index (χ0v) is 17.0. The number of hydrogen-bond acceptors (Lipinski definition) is 3. The Morgan fingerprint density at radius 2 is 1.69 bits per heavy atom. The highest BCUT2D eigenvalue weighted by molar-refractivity contribution is 7.90. The van der Waals surface area contributed by atoms with Crippen molar-refractivity contribution >= 4 is 33.7 Å². The van der Waals surface area contributed by atoms with Crippen LogP contribution in [0.3, 0.4) is 0 Å². The molecule has 0 aliphatic carbocycles. The van der Waals surface area contributed by atoms with E-state index in [-0.39, 0.29) is 0 Å². The predicted molar refractivity (Wildman–Crippen MR) is 111 cm³/mol. The number of halogens is 1. The summed E-state index contributed by atoms with van der Waals surface area (Å²) < 4.78 is 24.4. The number of aryl methyl sites for hydroxylation is 1. The van der Waals surface area contributed by atoms with Crippen molar-refractivity contribution in [2.24, 2.45) is 0 Å². The third-order valence-corrected chi connectivity index (χ3v) is 5.33. The topological polar surface area (TPSA) is 39.1 Å². The quantitative estimate of drug-likeness (QED) is 0.539. The van der Waals surface area contributed by atoms with Crippen LogP contribution in [0.4, 0.5) is 0 Å². The third kappa shape index (κ3) is 5.80. The Morgan fingerprint density at radius 1 is 1.00 bits per heavy atom. The van der Waals surface area contributed by atoms with Gasteiger partial charge in [0.25, 0.3) is 0 Å². The van der Waals surface area contributed by atoms with Crippen molar-refractivity contribution in [3.05, 3.63) is 88.2 Å². The first-order chi connectivity index (χ1) is 12.3. The van der Waals surface area contributed by atoms with Crippen molar-refractivity contribution in [2.45, 2.75) is 18.2 Å². The number of sulfone groups is 1. The van der Waals surface area contributed by atoms with E-state index in [1.807, 2.05) is 34.9 Å². The molecule has 3 rings (SSSR count). The van der Waals surface area contributed by atoms with Gasteiger partial charge >= 0.3 is 0 Å². The molecule has 0 unspecified atom stereocenters. The molecule has 1 aromatic heterocycles. The molecule has 6 heteroatoms. The molecule has 0 aliphatic rings. The molecule has 0 saturated heterocycles. The van der Waals surface area contributed by atoms with Gasteiger partial charge in [-0.15, -0.1) is 0 Å². The van der Waals surface area contributed by atoms with Gasteiger partial charge in [0.1, 0.15) is 4.64 Å². The van der Waals surface area contributed by atoms with E-state index in [9.17, 15) is 8.42 Å². The number of pyridine rings is 1. The summed E-state index contributed by atoms with van der Waals surface area (Å²) in [7, 11) is -3.00. The molecule has 26 heavy (non-hydrogen) atoms. The molecule has 0 atom stereocenters. The van der Waals surface area contributed by atoms with Gasteiger partial charge in [0.2, 0.25) is 0 Å². The minimum Gasteiger partial charge on any atom is -0.308 e. The highest BCUT2D eigenvalue weighted by Gasteiger charge is 2.03. The van der Waals surface area contributed by atoms with E-state index in [1.165, 1.54) is 11.8 Å². The highest BCUT2D eigenvalue weighted by Crippen LogP contribution is 2.16. The van der Waals surface area contributed by atoms with Gasteiger partial charge in [-0.05, 0) is 48.4 Å². The normalized spacial score (nSPS) is 10.7. The highest BCUT2D eigenvalue weighted by atomic mass is 35.5. The van der Waals surface area contributed by atoms with Crippen LogP contribution in [0, 0.1) is 4.64 Å². The number of rotatable bonds is 3. The van der Waals surface area contributed by atoms with E-state index >= 15 is 0 Å². The van der Waals surface area contributed by atoms with Gasteiger partial charge in [-0.2, -0.15) is 0 Å². The molecule has 0 radical (unpaired) electrons. The summed E-state index contributed by atoms with van der Waals surface area (Å²) in [5.74, 6) is 0. The van der Waals surface area contributed by atoms with Gasteiger partial charge in [0, 0.05) is 23.2 Å². The molecule has 0 amide bonds. The van der Waals surface area contributed by atoms with Crippen molar-refractivity contribution in [3.63, 3.8) is 0 Å². The summed E-state index contributed by atoms with van der Waals surface area (Å²) in [5, 5.41) is 0.723. The number of nitrogens with zero attached hydrogens (tertiary/aromatic N) is 1. The third-order valence-electron chi connectivity index (χ3n) is 3.64. The van der Waals surface area contributed by atoms with Crippen molar-refractivity contribution < 1.29 is 8.42 Å². The van der Waals surface area contributed by atoms with Crippen LogP contribution in [0.1, 0.15) is 12.5 Å². The molecular weight excluding hydrogens is 386 g/mol. The van der Waals surface area contributed by atoms with Crippen molar-refractivity contribution in [1.82, 2.24) is 4.57 Å². The summed E-state index contributed by atoms with van der Waals surface area (Å²) in [6.07, 6.45) is 4.26. The Balaban J connectivity index is 0.000000209. The lowest BCUT2D eigenvalue weighted by Crippen LogP contribution is -1.98. The zero-order chi connectivity index (χ0) is 19.2. The van der Waals surface area contributed by atoms with Crippen LogP contribution in [0.2, 0.25) is 5.02 Å². The van der Waals surface area contributed by atoms with Crippen LogP contribution in [-0.2, 0) is 16.3 Å². The number of aromatic nitrogens is 1. The van der Waals surface area contributed by atoms with Crippen LogP contribution in [-0.4, -0.2) is 19.2 Å². The van der Waals surface area contributed by atoms with Gasteiger partial charge in [-0.3, -0.25) is 0 Å². The maximum atomic E-state index is 10.8. The Kier molecular flexibility index (Phi) is 7.14. The molecule has 0 fully saturated rings. The molecule has 3 nitrogen and oxygen atoms in total. The Hall–Kier alpha value is -1.95. The van der Waals surface area contributed by atoms with E-state index < -0.39 is 9.84 Å². The summed E-state index contributed by atoms with van der Waals surface area (Å²) >= 11 is 11.3. The van der Waals surface area contributed by atoms with Gasteiger partial charge in [0.05, 0.1) is 4.90 Å². The molecule has 1 heterocycles. The first-order valence-corrected chi connectivity index (χ1v) is 10.7. The molecule has 0 aliphatic heterocycles. The van der Waals surface area contributed by atoms with Crippen molar-refractivity contribution in [1.29, 1.82) is 0 Å². The molecule has 136 valence electrons. The number of benzene rings is 2. The molecule has 0 saturated carbocycles. The lowest BCUT2D eigenvalue weighted by molar-refractivity contribution is 0.602. The molecular formula is C20H20ClNO2S2. The average molecular weight is 406 g/mol. The Bertz CT molecular complexity index is 1030. The monoisotopic (exact) mass is 405 g/mol. The Labute approximate surface area is 164 Å². The van der Waals surface area contributed by atoms with E-state index in [4.69, 9.17) is 23.8 Å². The SMILES string of the molecule is CCc1ccc(=S)n(-c2cccc(Cl)c2)c1.CS(=O)(=O)c1ccccc1. The lowest BCUT2D eigenvalue weighted by atomic mass is 10.2. The fourth-order valence-electron chi connectivity index (χ4n) is 2.24. The fourth-order valence-corrected chi connectivity index (χ4v) is 3.30. The number of hydrogen-bond donors (Lipinski definition) is 0. The molecule has 3 aromatic rings. The summed E-state index contributed by atoms with van der Waals surface area (Å²) in [4.78, 5) is 0.370. The predicted octanol–water partition coefficient (Wildman–Crippen LogP) is 5.51. The molecule has 0 bridgehead atoms. The molecule has 0 spiro atoms. The first kappa shape index (κ1) is 20.4. The maximum absolute atomic E-state index is 10.8. The minimum absolute atomic E-state index is 0.370. The molecule has 2 aromatic carbocycles. The van der Waals surface area contributed by atoms with E-state index in [2.05, 4.69) is 19.2 Å². The van der Waals surface area contributed by atoms with Gasteiger partial charge < -0.3 is 4.57 Å². The minimum atomic E-state index is -3.00. The zero-order valence-electron chi connectivity index (χ0n) is 14.6. The van der Waals surface area contributed by atoms with E-state index in [1.54, 1.807) is 30.3 Å². The second kappa shape index (κ2) is 9.12. The Morgan fingerprint density at radius 3 is 2.23 bits per heavy atom. The second-order valence-electron chi connectivity index (χ2n) is 5.66. The van der Waals surface area contributed by atoms with E-state index in [0.717, 1.165) is 21.8 Å². The van der Waals surface area contributed by atoms with Crippen LogP contribution in [0.5, 0.6) is 0 Å². The summed E-state index contributed by atoms with van der Waals surface area (Å²) in [5.41, 5.74) is 2.27. The average Bonchev–Trinajstić information content (AvgIpc) is 2.63. The fraction of sp³-hybridized carbons (Fsp3) is 0.150. The maximum Gasteiger partial charge on any atom is 0.175 e. The van der Waals surface area contributed by atoms with Crippen LogP contribution in [0.25, 0.3) is 5.69 Å². The van der Waals surface area contributed by atoms with Crippen molar-refractivity contribution in [3.8, 4) is 5.69 Å². The van der Waals surface area contributed by atoms with Crippen LogP contribution >= 0.6 is 23.8 Å². The largest absolute Gasteiger partial charge is 0.308 e. The van der Waals surface area contributed by atoms with Gasteiger partial charge in [-0.1, -0.05) is 61.1 Å². The van der Waals surface area contributed by atoms with Crippen LogP contribution < -0.4 is 0 Å². The van der Waals surface area contributed by atoms with Crippen LogP contribution in [0.15, 0.2) is 77.8 Å².